The number of rotatable bonds is 8. The van der Waals surface area contributed by atoms with Gasteiger partial charge in [0.2, 0.25) is 0 Å². The van der Waals surface area contributed by atoms with E-state index in [4.69, 9.17) is 55.9 Å². The van der Waals surface area contributed by atoms with Crippen LogP contribution >= 0.6 is 78.3 Å². The SMILES string of the molecule is COc1c(O)cc(Cl)c(Cc2c(Cl)cc(O)c(OC)c2Cl)c1Cl.O=[N+]([O-])c1cc(Cc2ccc(Br)c([N+](=O)[O-])c2)ccc1Br. The Hall–Kier alpha value is -3.00. The third-order valence-corrected chi connectivity index (χ3v) is 8.90. The van der Waals surface area contributed by atoms with Crippen LogP contribution in [0.3, 0.4) is 0 Å². The van der Waals surface area contributed by atoms with Gasteiger partial charge in [-0.15, -0.1) is 0 Å². The zero-order valence-corrected chi connectivity index (χ0v) is 28.7. The lowest BCUT2D eigenvalue weighted by Crippen LogP contribution is -1.98. The average Bonchev–Trinajstić information content (AvgIpc) is 2.94. The summed E-state index contributed by atoms with van der Waals surface area (Å²) in [6.07, 6.45) is 0.533. The molecule has 10 nitrogen and oxygen atoms in total. The minimum atomic E-state index is -0.475. The smallest absolute Gasteiger partial charge is 0.283 e. The first-order valence-electron chi connectivity index (χ1n) is 12.0. The van der Waals surface area contributed by atoms with Crippen LogP contribution in [-0.4, -0.2) is 34.3 Å². The molecule has 0 saturated heterocycles. The maximum Gasteiger partial charge on any atom is 0.283 e. The number of nitro benzene ring substituents is 2. The molecule has 0 spiro atoms. The molecule has 16 heteroatoms. The first-order valence-corrected chi connectivity index (χ1v) is 15.1. The van der Waals surface area contributed by atoms with E-state index in [0.29, 0.717) is 37.6 Å². The molecule has 4 aromatic rings. The van der Waals surface area contributed by atoms with E-state index in [0.717, 1.165) is 0 Å². The molecule has 0 atom stereocenters. The third-order valence-electron chi connectivity index (χ3n) is 6.08. The first-order chi connectivity index (χ1) is 20.7. The number of halogens is 6. The summed E-state index contributed by atoms with van der Waals surface area (Å²) in [7, 11) is 2.75. The van der Waals surface area contributed by atoms with Gasteiger partial charge in [0, 0.05) is 40.7 Å². The first kappa shape index (κ1) is 35.5. The molecule has 2 N–H and O–H groups in total. The molecule has 0 aliphatic carbocycles. The summed E-state index contributed by atoms with van der Waals surface area (Å²) in [6.45, 7) is 0. The lowest BCUT2D eigenvalue weighted by Gasteiger charge is -2.16. The molecular formula is C28H20Br2Cl4N2O8. The van der Waals surface area contributed by atoms with E-state index in [-0.39, 0.29) is 60.9 Å². The van der Waals surface area contributed by atoms with Crippen LogP contribution in [0.2, 0.25) is 20.1 Å². The van der Waals surface area contributed by atoms with Gasteiger partial charge in [-0.3, -0.25) is 20.2 Å². The third kappa shape index (κ3) is 8.17. The molecule has 232 valence electrons. The highest BCUT2D eigenvalue weighted by molar-refractivity contribution is 9.11. The van der Waals surface area contributed by atoms with Crippen LogP contribution in [0.1, 0.15) is 22.3 Å². The van der Waals surface area contributed by atoms with E-state index in [2.05, 4.69) is 31.9 Å². The highest BCUT2D eigenvalue weighted by Gasteiger charge is 2.22. The van der Waals surface area contributed by atoms with Crippen molar-refractivity contribution in [2.24, 2.45) is 0 Å². The van der Waals surface area contributed by atoms with Gasteiger partial charge in [0.1, 0.15) is 0 Å². The predicted octanol–water partition coefficient (Wildman–Crippen LogP) is 9.94. The van der Waals surface area contributed by atoms with E-state index >= 15 is 0 Å². The topological polar surface area (TPSA) is 145 Å². The second kappa shape index (κ2) is 15.3. The molecule has 4 aromatic carbocycles. The number of phenols is 2. The highest BCUT2D eigenvalue weighted by atomic mass is 79.9. The summed E-state index contributed by atoms with van der Waals surface area (Å²) < 4.78 is 10.9. The second-order valence-corrected chi connectivity index (χ2v) is 12.1. The molecule has 0 amide bonds. The Balaban J connectivity index is 0.000000241. The minimum Gasteiger partial charge on any atom is -0.504 e. The van der Waals surface area contributed by atoms with Crippen LogP contribution in [-0.2, 0) is 12.8 Å². The van der Waals surface area contributed by atoms with E-state index < -0.39 is 9.85 Å². The fraction of sp³-hybridized carbons (Fsp3) is 0.143. The number of phenolic OH excluding ortho intramolecular Hbond substituents is 2. The van der Waals surface area contributed by atoms with E-state index in [1.807, 2.05) is 0 Å². The van der Waals surface area contributed by atoms with Crippen molar-refractivity contribution in [1.82, 2.24) is 0 Å². The molecule has 0 aliphatic rings. The number of ether oxygens (including phenoxy) is 2. The summed E-state index contributed by atoms with van der Waals surface area (Å²) in [5, 5.41) is 42.1. The van der Waals surface area contributed by atoms with Gasteiger partial charge < -0.3 is 19.7 Å². The summed E-state index contributed by atoms with van der Waals surface area (Å²) >= 11 is 31.0. The van der Waals surface area contributed by atoms with Gasteiger partial charge in [0.15, 0.2) is 23.0 Å². The van der Waals surface area contributed by atoms with Crippen molar-refractivity contribution in [2.45, 2.75) is 12.8 Å². The van der Waals surface area contributed by atoms with Crippen LogP contribution < -0.4 is 9.47 Å². The van der Waals surface area contributed by atoms with Gasteiger partial charge in [-0.2, -0.15) is 0 Å². The number of benzene rings is 4. The van der Waals surface area contributed by atoms with Gasteiger partial charge in [-0.25, -0.2) is 0 Å². The number of nitro groups is 2. The number of hydrogen-bond acceptors (Lipinski definition) is 8. The van der Waals surface area contributed by atoms with Crippen molar-refractivity contribution in [3.8, 4) is 23.0 Å². The summed E-state index contributed by atoms with van der Waals surface area (Å²) in [5.41, 5.74) is 2.31. The Morgan fingerprint density at radius 2 is 1.05 bits per heavy atom. The Kier molecular flexibility index (Phi) is 12.4. The van der Waals surface area contributed by atoms with E-state index in [1.54, 1.807) is 24.3 Å². The number of methoxy groups -OCH3 is 2. The lowest BCUT2D eigenvalue weighted by atomic mass is 10.0. The van der Waals surface area contributed by atoms with Crippen LogP contribution in [0.25, 0.3) is 0 Å². The van der Waals surface area contributed by atoms with Crippen molar-refractivity contribution < 1.29 is 29.5 Å². The van der Waals surface area contributed by atoms with Gasteiger partial charge >= 0.3 is 0 Å². The summed E-state index contributed by atoms with van der Waals surface area (Å²) in [4.78, 5) is 20.8. The standard InChI is InChI=1S/C15H12Cl4O4.C13H8Br2N2O4/c1-22-14-10(20)4-8(16)6(12(14)18)3-7-9(17)5-11(21)15(23-2)13(7)19;14-10-3-1-8(6-12(10)16(18)19)5-9-2-4-11(15)13(7-9)17(20)21/h4-5,20-21H,3H2,1-2H3;1-4,6-7H,5H2. The van der Waals surface area contributed by atoms with E-state index in [9.17, 15) is 30.4 Å². The van der Waals surface area contributed by atoms with Gasteiger partial charge in [0.25, 0.3) is 11.4 Å². The van der Waals surface area contributed by atoms with Crippen molar-refractivity contribution in [3.63, 3.8) is 0 Å². The van der Waals surface area contributed by atoms with Gasteiger partial charge in [-0.1, -0.05) is 58.5 Å². The monoisotopic (exact) mass is 810 g/mol. The molecular weight excluding hydrogens is 794 g/mol. The van der Waals surface area contributed by atoms with Crippen LogP contribution in [0, 0.1) is 20.2 Å². The van der Waals surface area contributed by atoms with Crippen molar-refractivity contribution >= 4 is 89.6 Å². The Labute approximate surface area is 287 Å². The van der Waals surface area contributed by atoms with E-state index in [1.165, 1.54) is 38.5 Å². The van der Waals surface area contributed by atoms with Crippen LogP contribution in [0.4, 0.5) is 11.4 Å². The molecule has 0 aliphatic heterocycles. The highest BCUT2D eigenvalue weighted by Crippen LogP contribution is 2.46. The molecule has 4 rings (SSSR count). The molecule has 0 aromatic heterocycles. The molecule has 0 saturated carbocycles. The minimum absolute atomic E-state index is 0.0286. The van der Waals surface area contributed by atoms with Crippen molar-refractivity contribution in [2.75, 3.05) is 14.2 Å². The maximum atomic E-state index is 10.9. The van der Waals surface area contributed by atoms with Crippen molar-refractivity contribution in [3.05, 3.63) is 120 Å². The van der Waals surface area contributed by atoms with Crippen molar-refractivity contribution in [1.29, 1.82) is 0 Å². The fourth-order valence-corrected chi connectivity index (χ4v) is 6.09. The van der Waals surface area contributed by atoms with Crippen LogP contribution in [0.5, 0.6) is 23.0 Å². The average molecular weight is 814 g/mol. The fourth-order valence-electron chi connectivity index (χ4n) is 4.00. The Morgan fingerprint density at radius 3 is 1.36 bits per heavy atom. The molecule has 0 radical (unpaired) electrons. The quantitative estimate of drug-likeness (QED) is 0.132. The predicted molar refractivity (Wildman–Crippen MR) is 177 cm³/mol. The Bertz CT molecular complexity index is 1630. The Morgan fingerprint density at radius 1 is 0.682 bits per heavy atom. The van der Waals surface area contributed by atoms with Crippen LogP contribution in [0.15, 0.2) is 57.5 Å². The molecule has 0 unspecified atom stereocenters. The summed E-state index contributed by atoms with van der Waals surface area (Å²) in [5.74, 6) is -0.147. The molecule has 0 bridgehead atoms. The summed E-state index contributed by atoms with van der Waals surface area (Å²) in [6, 6.07) is 12.2. The molecule has 44 heavy (non-hydrogen) atoms. The number of hydrogen-bond donors (Lipinski definition) is 2. The number of nitrogens with zero attached hydrogens (tertiary/aromatic N) is 2. The largest absolute Gasteiger partial charge is 0.504 e. The zero-order chi connectivity index (χ0) is 32.9. The van der Waals surface area contributed by atoms with Gasteiger partial charge in [-0.05, 0) is 72.7 Å². The second-order valence-electron chi connectivity index (χ2n) is 8.85. The zero-order valence-electron chi connectivity index (χ0n) is 22.5. The molecule has 0 fully saturated rings. The normalized spacial score (nSPS) is 10.5. The van der Waals surface area contributed by atoms with Gasteiger partial charge in [0.05, 0.1) is 43.1 Å². The molecule has 0 heterocycles. The lowest BCUT2D eigenvalue weighted by molar-refractivity contribution is -0.385. The number of aromatic hydroxyl groups is 2. The maximum absolute atomic E-state index is 10.9.